The molecule has 2 N–H and O–H groups in total. The average molecular weight is 386 g/mol. The molecule has 2 rings (SSSR count). The van der Waals surface area contributed by atoms with Crippen LogP contribution in [-0.4, -0.2) is 35.7 Å². The van der Waals surface area contributed by atoms with Crippen molar-refractivity contribution in [1.29, 1.82) is 0 Å². The number of hydrogen-bond donors (Lipinski definition) is 2. The first-order valence-electron chi connectivity index (χ1n) is 7.91. The number of amides is 1. The molecule has 0 radical (unpaired) electrons. The summed E-state index contributed by atoms with van der Waals surface area (Å²) in [5, 5.41) is 6.00. The lowest BCUT2D eigenvalue weighted by Crippen LogP contribution is -2.47. The molecule has 1 aliphatic carbocycles. The molecular formula is C16H24BrN3O3. The third-order valence-electron chi connectivity index (χ3n) is 4.29. The van der Waals surface area contributed by atoms with Gasteiger partial charge < -0.3 is 19.9 Å². The van der Waals surface area contributed by atoms with Crippen LogP contribution < -0.4 is 20.9 Å². The smallest absolute Gasteiger partial charge is 0.254 e. The maximum Gasteiger partial charge on any atom is 0.254 e. The summed E-state index contributed by atoms with van der Waals surface area (Å²) >= 11 is 3.43. The van der Waals surface area contributed by atoms with Crippen LogP contribution in [0.25, 0.3) is 0 Å². The number of aromatic nitrogens is 1. The van der Waals surface area contributed by atoms with Crippen LogP contribution in [-0.2, 0) is 11.8 Å². The molecule has 7 heteroatoms. The minimum atomic E-state index is -0.180. The molecule has 6 nitrogen and oxygen atoms in total. The summed E-state index contributed by atoms with van der Waals surface area (Å²) in [6, 6.07) is 1.53. The van der Waals surface area contributed by atoms with Crippen LogP contribution in [0.2, 0.25) is 0 Å². The lowest BCUT2D eigenvalue weighted by molar-refractivity contribution is -0.123. The second-order valence-electron chi connectivity index (χ2n) is 6.05. The fourth-order valence-corrected chi connectivity index (χ4v) is 3.15. The van der Waals surface area contributed by atoms with Gasteiger partial charge in [0.2, 0.25) is 5.91 Å². The van der Waals surface area contributed by atoms with Crippen molar-refractivity contribution in [2.24, 2.45) is 7.05 Å². The largest absolute Gasteiger partial charge is 0.489 e. The number of carbonyl (C=O) groups is 1. The van der Waals surface area contributed by atoms with E-state index in [1.165, 1.54) is 10.6 Å². The second-order valence-corrected chi connectivity index (χ2v) is 6.90. The van der Waals surface area contributed by atoms with Crippen molar-refractivity contribution in [2.45, 2.75) is 50.8 Å². The fraction of sp³-hybridized carbons (Fsp3) is 0.625. The van der Waals surface area contributed by atoms with Crippen molar-refractivity contribution in [2.75, 3.05) is 7.05 Å². The van der Waals surface area contributed by atoms with Crippen molar-refractivity contribution in [1.82, 2.24) is 15.2 Å². The maximum atomic E-state index is 11.9. The lowest BCUT2D eigenvalue weighted by Gasteiger charge is -2.30. The lowest BCUT2D eigenvalue weighted by atomic mass is 9.92. The van der Waals surface area contributed by atoms with Gasteiger partial charge in [0, 0.05) is 25.4 Å². The molecule has 1 aromatic rings. The summed E-state index contributed by atoms with van der Waals surface area (Å²) in [4.78, 5) is 23.6. The number of likely N-dealkylation sites (N-methyl/N-ethyl adjacent to an activating group) is 1. The van der Waals surface area contributed by atoms with Gasteiger partial charge >= 0.3 is 0 Å². The number of nitrogens with one attached hydrogen (secondary N) is 2. The van der Waals surface area contributed by atoms with E-state index in [0.717, 1.165) is 30.2 Å². The highest BCUT2D eigenvalue weighted by atomic mass is 79.9. The zero-order valence-corrected chi connectivity index (χ0v) is 15.4. The topological polar surface area (TPSA) is 72.4 Å². The number of ether oxygens (including phenoxy) is 1. The van der Waals surface area contributed by atoms with Crippen molar-refractivity contribution in [3.63, 3.8) is 0 Å². The molecule has 0 spiro atoms. The predicted molar refractivity (Wildman–Crippen MR) is 92.7 cm³/mol. The SMILES string of the molecule is CN[C@@H](C)C(=O)NC1CCC(Oc2cc(=O)n(C)cc2Br)CC1. The minimum absolute atomic E-state index is 0.0335. The highest BCUT2D eigenvalue weighted by Gasteiger charge is 2.25. The number of pyridine rings is 1. The van der Waals surface area contributed by atoms with Gasteiger partial charge in [0.25, 0.3) is 5.56 Å². The molecule has 0 unspecified atom stereocenters. The molecule has 1 atom stereocenters. The Morgan fingerprint density at radius 2 is 2.04 bits per heavy atom. The molecule has 1 fully saturated rings. The molecule has 1 saturated carbocycles. The van der Waals surface area contributed by atoms with Crippen LogP contribution in [0.1, 0.15) is 32.6 Å². The first kappa shape index (κ1) is 18.0. The molecule has 1 aliphatic rings. The van der Waals surface area contributed by atoms with Crippen molar-refractivity contribution in [3.05, 3.63) is 27.1 Å². The Hall–Kier alpha value is -1.34. The number of halogens is 1. The van der Waals surface area contributed by atoms with E-state index in [1.54, 1.807) is 20.3 Å². The van der Waals surface area contributed by atoms with Gasteiger partial charge in [0.15, 0.2) is 0 Å². The highest BCUT2D eigenvalue weighted by Crippen LogP contribution is 2.28. The molecule has 0 aromatic carbocycles. The Morgan fingerprint density at radius 1 is 1.39 bits per heavy atom. The summed E-state index contributed by atoms with van der Waals surface area (Å²) in [5.74, 6) is 0.621. The standard InChI is InChI=1S/C16H24BrN3O3/c1-10(18-2)16(22)19-11-4-6-12(7-5-11)23-14-8-15(21)20(3)9-13(14)17/h8-12,18H,4-7H2,1-3H3,(H,19,22)/t10-,11?,12?/m0/s1. The maximum absolute atomic E-state index is 11.9. The van der Waals surface area contributed by atoms with E-state index >= 15 is 0 Å². The zero-order valence-electron chi connectivity index (χ0n) is 13.8. The Bertz CT molecular complexity index is 609. The zero-order chi connectivity index (χ0) is 17.0. The first-order chi connectivity index (χ1) is 10.9. The van der Waals surface area contributed by atoms with Crippen molar-refractivity contribution >= 4 is 21.8 Å². The van der Waals surface area contributed by atoms with Gasteiger partial charge in [0.1, 0.15) is 5.75 Å². The van der Waals surface area contributed by atoms with Gasteiger partial charge in [0.05, 0.1) is 16.6 Å². The molecule has 128 valence electrons. The molecule has 0 saturated heterocycles. The van der Waals surface area contributed by atoms with Gasteiger partial charge in [-0.1, -0.05) is 0 Å². The Morgan fingerprint density at radius 3 is 2.65 bits per heavy atom. The van der Waals surface area contributed by atoms with Gasteiger partial charge in [-0.3, -0.25) is 9.59 Å². The monoisotopic (exact) mass is 385 g/mol. The second kappa shape index (κ2) is 7.97. The van der Waals surface area contributed by atoms with Crippen LogP contribution in [0.3, 0.4) is 0 Å². The van der Waals surface area contributed by atoms with Crippen molar-refractivity contribution in [3.8, 4) is 5.75 Å². The molecule has 0 aliphatic heterocycles. The molecule has 23 heavy (non-hydrogen) atoms. The van der Waals surface area contributed by atoms with E-state index < -0.39 is 0 Å². The van der Waals surface area contributed by atoms with E-state index in [0.29, 0.717) is 5.75 Å². The summed E-state index contributed by atoms with van der Waals surface area (Å²) < 4.78 is 8.24. The molecule has 1 aromatic heterocycles. The van der Waals surface area contributed by atoms with Gasteiger partial charge in [-0.05, 0) is 55.6 Å². The number of rotatable bonds is 5. The summed E-state index contributed by atoms with van der Waals surface area (Å²) in [6.45, 7) is 1.84. The van der Waals surface area contributed by atoms with E-state index in [9.17, 15) is 9.59 Å². The van der Waals surface area contributed by atoms with E-state index in [4.69, 9.17) is 4.74 Å². The molecule has 1 amide bonds. The highest BCUT2D eigenvalue weighted by molar-refractivity contribution is 9.10. The summed E-state index contributed by atoms with van der Waals surface area (Å²) in [7, 11) is 3.48. The minimum Gasteiger partial charge on any atom is -0.489 e. The fourth-order valence-electron chi connectivity index (χ4n) is 2.63. The number of carbonyl (C=O) groups excluding carboxylic acids is 1. The quantitative estimate of drug-likeness (QED) is 0.806. The summed E-state index contributed by atoms with van der Waals surface area (Å²) in [5.41, 5.74) is -0.0924. The van der Waals surface area contributed by atoms with Gasteiger partial charge in [-0.25, -0.2) is 0 Å². The molecule has 1 heterocycles. The van der Waals surface area contributed by atoms with Crippen LogP contribution in [0.5, 0.6) is 5.75 Å². The van der Waals surface area contributed by atoms with Crippen LogP contribution in [0, 0.1) is 0 Å². The van der Waals surface area contributed by atoms with E-state index in [-0.39, 0.29) is 29.7 Å². The van der Waals surface area contributed by atoms with Gasteiger partial charge in [-0.15, -0.1) is 0 Å². The van der Waals surface area contributed by atoms with E-state index in [2.05, 4.69) is 26.6 Å². The third-order valence-corrected chi connectivity index (χ3v) is 4.88. The molecular weight excluding hydrogens is 362 g/mol. The third kappa shape index (κ3) is 4.81. The van der Waals surface area contributed by atoms with Crippen molar-refractivity contribution < 1.29 is 9.53 Å². The normalized spacial score (nSPS) is 22.4. The number of hydrogen-bond acceptors (Lipinski definition) is 4. The Labute approximate surface area is 144 Å². The van der Waals surface area contributed by atoms with Gasteiger partial charge in [-0.2, -0.15) is 0 Å². The van der Waals surface area contributed by atoms with Crippen LogP contribution >= 0.6 is 15.9 Å². The van der Waals surface area contributed by atoms with Crippen LogP contribution in [0.15, 0.2) is 21.5 Å². The van der Waals surface area contributed by atoms with Crippen LogP contribution in [0.4, 0.5) is 0 Å². The van der Waals surface area contributed by atoms with E-state index in [1.807, 2.05) is 6.92 Å². The molecule has 0 bridgehead atoms. The summed E-state index contributed by atoms with van der Waals surface area (Å²) in [6.07, 6.45) is 5.28. The number of aryl methyl sites for hydroxylation is 1. The Kier molecular flexibility index (Phi) is 6.24. The first-order valence-corrected chi connectivity index (χ1v) is 8.70. The predicted octanol–water partition coefficient (Wildman–Crippen LogP) is 1.56. The Balaban J connectivity index is 1.87. The number of nitrogens with zero attached hydrogens (tertiary/aromatic N) is 1. The average Bonchev–Trinajstić information content (AvgIpc) is 2.53.